The van der Waals surface area contributed by atoms with Gasteiger partial charge in [-0.1, -0.05) is 51.1 Å². The minimum Gasteiger partial charge on any atom is -0.351 e. The van der Waals surface area contributed by atoms with Gasteiger partial charge in [0.15, 0.2) is 0 Å². The number of nitrogens with zero attached hydrogens (tertiary/aromatic N) is 1. The molecule has 2 N–H and O–H groups in total. The van der Waals surface area contributed by atoms with Gasteiger partial charge < -0.3 is 4.84 Å². The zero-order valence-electron chi connectivity index (χ0n) is 20.3. The zero-order valence-corrected chi connectivity index (χ0v) is 20.3. The van der Waals surface area contributed by atoms with Crippen LogP contribution in [-0.2, 0) is 21.3 Å². The van der Waals surface area contributed by atoms with E-state index in [1.54, 1.807) is 5.06 Å². The summed E-state index contributed by atoms with van der Waals surface area (Å²) in [4.78, 5) is 24.0. The lowest BCUT2D eigenvalue weighted by atomic mass is 9.84. The predicted octanol–water partition coefficient (Wildman–Crippen LogP) is 6.19. The number of nitrogens with one attached hydrogen (secondary N) is 2. The highest BCUT2D eigenvalue weighted by atomic mass is 19.4. The molecule has 0 radical (unpaired) electrons. The Morgan fingerprint density at radius 1 is 1.09 bits per heavy atom. The van der Waals surface area contributed by atoms with Crippen molar-refractivity contribution in [2.45, 2.75) is 57.7 Å². The molecule has 188 valence electrons. The molecule has 0 aromatic heterocycles. The van der Waals surface area contributed by atoms with Crippen molar-refractivity contribution in [3.8, 4) is 0 Å². The van der Waals surface area contributed by atoms with E-state index in [1.807, 2.05) is 31.2 Å². The van der Waals surface area contributed by atoms with Gasteiger partial charge in [-0.3, -0.25) is 15.6 Å². The van der Waals surface area contributed by atoms with E-state index in [2.05, 4.69) is 31.6 Å². The highest BCUT2D eigenvalue weighted by Crippen LogP contribution is 2.36. The second-order valence-electron chi connectivity index (χ2n) is 10.1. The van der Waals surface area contributed by atoms with E-state index >= 15 is 0 Å². The fraction of sp³-hybridized carbons (Fsp3) is 0.423. The molecular weight excluding hydrogens is 459 g/mol. The number of benzene rings is 2. The first-order valence-corrected chi connectivity index (χ1v) is 11.5. The molecule has 2 heterocycles. The summed E-state index contributed by atoms with van der Waals surface area (Å²) in [6.45, 7) is 9.11. The molecule has 1 saturated heterocycles. The van der Waals surface area contributed by atoms with Crippen molar-refractivity contribution < 1.29 is 27.6 Å². The summed E-state index contributed by atoms with van der Waals surface area (Å²) < 4.78 is 38.5. The van der Waals surface area contributed by atoms with Crippen LogP contribution < -0.4 is 10.8 Å². The molecule has 0 bridgehead atoms. The lowest BCUT2D eigenvalue weighted by Crippen LogP contribution is -2.45. The first-order chi connectivity index (χ1) is 16.4. The number of piperidine rings is 1. The standard InChI is InChI=1S/C26H30F3N3O3/c1-17-6-5-7-20(24(2,3)4)22(17)30-23(33)34-32-14-12-25(13-15-32)16-21(31-35-25)18-8-10-19(11-9-18)26(27,28)29/h5-11,16,31H,12-15H2,1-4H3,(H,30,33). The molecule has 6 nitrogen and oxygen atoms in total. The van der Waals surface area contributed by atoms with Crippen LogP contribution in [0, 0.1) is 6.92 Å². The Balaban J connectivity index is 1.36. The van der Waals surface area contributed by atoms with Crippen molar-refractivity contribution in [1.29, 1.82) is 0 Å². The average Bonchev–Trinajstić information content (AvgIpc) is 3.19. The number of halogens is 3. The van der Waals surface area contributed by atoms with Gasteiger partial charge in [0.05, 0.1) is 16.9 Å². The number of para-hydroxylation sites is 1. The predicted molar refractivity (Wildman–Crippen MR) is 127 cm³/mol. The second-order valence-corrected chi connectivity index (χ2v) is 10.1. The maximum absolute atomic E-state index is 12.8. The van der Waals surface area contributed by atoms with E-state index in [4.69, 9.17) is 9.68 Å². The number of aryl methyl sites for hydroxylation is 1. The Morgan fingerprint density at radius 2 is 1.74 bits per heavy atom. The number of anilines is 1. The molecule has 0 saturated carbocycles. The summed E-state index contributed by atoms with van der Waals surface area (Å²) in [5, 5.41) is 4.50. The van der Waals surface area contributed by atoms with Gasteiger partial charge in [-0.05, 0) is 60.1 Å². The molecule has 0 unspecified atom stereocenters. The fourth-order valence-electron chi connectivity index (χ4n) is 4.36. The Bertz CT molecular complexity index is 1110. The maximum Gasteiger partial charge on any atom is 0.430 e. The van der Waals surface area contributed by atoms with Gasteiger partial charge in [-0.25, -0.2) is 4.79 Å². The van der Waals surface area contributed by atoms with Crippen LogP contribution in [0.25, 0.3) is 5.70 Å². The third kappa shape index (κ3) is 5.62. The number of alkyl halides is 3. The van der Waals surface area contributed by atoms with Gasteiger partial charge in [-0.15, -0.1) is 5.06 Å². The molecule has 4 rings (SSSR count). The molecule has 2 aliphatic heterocycles. The number of amides is 1. The van der Waals surface area contributed by atoms with Crippen LogP contribution in [0.4, 0.5) is 23.7 Å². The largest absolute Gasteiger partial charge is 0.430 e. The summed E-state index contributed by atoms with van der Waals surface area (Å²) >= 11 is 0. The third-order valence-corrected chi connectivity index (χ3v) is 6.38. The summed E-state index contributed by atoms with van der Waals surface area (Å²) in [5.74, 6) is 0. The van der Waals surface area contributed by atoms with Crippen LogP contribution in [0.3, 0.4) is 0 Å². The quantitative estimate of drug-likeness (QED) is 0.539. The van der Waals surface area contributed by atoms with E-state index in [9.17, 15) is 18.0 Å². The molecule has 2 aliphatic rings. The molecule has 35 heavy (non-hydrogen) atoms. The van der Waals surface area contributed by atoms with E-state index in [-0.39, 0.29) is 5.41 Å². The number of carbonyl (C=O) groups is 1. The van der Waals surface area contributed by atoms with Crippen LogP contribution in [0.15, 0.2) is 48.5 Å². The third-order valence-electron chi connectivity index (χ3n) is 6.38. The van der Waals surface area contributed by atoms with Crippen molar-refractivity contribution in [2.24, 2.45) is 0 Å². The number of hydroxylamine groups is 3. The minimum absolute atomic E-state index is 0.143. The van der Waals surface area contributed by atoms with E-state index in [0.717, 1.165) is 28.9 Å². The maximum atomic E-state index is 12.8. The molecule has 1 amide bonds. The molecule has 9 heteroatoms. The highest BCUT2D eigenvalue weighted by Gasteiger charge is 2.40. The van der Waals surface area contributed by atoms with Crippen LogP contribution in [0.1, 0.15) is 55.9 Å². The first-order valence-electron chi connectivity index (χ1n) is 11.5. The second kappa shape index (κ2) is 9.20. The molecule has 1 spiro atoms. The summed E-state index contributed by atoms with van der Waals surface area (Å²) in [6, 6.07) is 10.9. The van der Waals surface area contributed by atoms with Crippen LogP contribution >= 0.6 is 0 Å². The summed E-state index contributed by atoms with van der Waals surface area (Å²) in [7, 11) is 0. The molecule has 2 aromatic rings. The van der Waals surface area contributed by atoms with Gasteiger partial charge in [0.1, 0.15) is 5.60 Å². The van der Waals surface area contributed by atoms with Gasteiger partial charge >= 0.3 is 12.3 Å². The molecule has 0 atom stereocenters. The van der Waals surface area contributed by atoms with Crippen molar-refractivity contribution in [3.63, 3.8) is 0 Å². The Hall–Kier alpha value is -3.04. The van der Waals surface area contributed by atoms with Crippen molar-refractivity contribution in [1.82, 2.24) is 10.5 Å². The Labute approximate surface area is 203 Å². The zero-order chi connectivity index (χ0) is 25.4. The Morgan fingerprint density at radius 3 is 2.34 bits per heavy atom. The van der Waals surface area contributed by atoms with Crippen LogP contribution in [-0.4, -0.2) is 29.8 Å². The lowest BCUT2D eigenvalue weighted by Gasteiger charge is -2.35. The highest BCUT2D eigenvalue weighted by molar-refractivity contribution is 5.87. The SMILES string of the molecule is Cc1cccc(C(C)(C)C)c1NC(=O)ON1CCC2(C=C(c3ccc(C(F)(F)F)cc3)NO2)CC1. The smallest absolute Gasteiger partial charge is 0.351 e. The first kappa shape index (κ1) is 25.1. The molecule has 0 aliphatic carbocycles. The monoisotopic (exact) mass is 489 g/mol. The minimum atomic E-state index is -4.37. The van der Waals surface area contributed by atoms with Crippen molar-refractivity contribution >= 4 is 17.5 Å². The molecule has 1 fully saturated rings. The normalized spacial score (nSPS) is 18.2. The topological polar surface area (TPSA) is 62.8 Å². The number of hydrogen-bond donors (Lipinski definition) is 2. The lowest BCUT2D eigenvalue weighted by molar-refractivity contribution is -0.153. The molecule has 2 aromatic carbocycles. The van der Waals surface area contributed by atoms with E-state index in [0.29, 0.717) is 37.2 Å². The average molecular weight is 490 g/mol. The van der Waals surface area contributed by atoms with Crippen LogP contribution in [0.5, 0.6) is 0 Å². The van der Waals surface area contributed by atoms with Crippen molar-refractivity contribution in [3.05, 3.63) is 70.8 Å². The van der Waals surface area contributed by atoms with E-state index < -0.39 is 23.4 Å². The van der Waals surface area contributed by atoms with E-state index in [1.165, 1.54) is 12.1 Å². The van der Waals surface area contributed by atoms with Gasteiger partial charge in [0.2, 0.25) is 0 Å². The van der Waals surface area contributed by atoms with Gasteiger partial charge in [0.25, 0.3) is 0 Å². The van der Waals surface area contributed by atoms with Gasteiger partial charge in [0, 0.05) is 13.1 Å². The molecular formula is C26H30F3N3O3. The van der Waals surface area contributed by atoms with Gasteiger partial charge in [-0.2, -0.15) is 13.2 Å². The van der Waals surface area contributed by atoms with Crippen LogP contribution in [0.2, 0.25) is 0 Å². The summed E-state index contributed by atoms with van der Waals surface area (Å²) in [6.07, 6.45) is -1.92. The number of rotatable bonds is 3. The number of carbonyl (C=O) groups excluding carboxylic acids is 1. The van der Waals surface area contributed by atoms with Crippen molar-refractivity contribution in [2.75, 3.05) is 18.4 Å². The fourth-order valence-corrected chi connectivity index (χ4v) is 4.36. The summed E-state index contributed by atoms with van der Waals surface area (Å²) in [5.41, 5.74) is 5.38. The number of hydrogen-bond acceptors (Lipinski definition) is 5. The Kier molecular flexibility index (Phi) is 6.59.